The summed E-state index contributed by atoms with van der Waals surface area (Å²) < 4.78 is 0. The van der Waals surface area contributed by atoms with Crippen molar-refractivity contribution in [2.75, 3.05) is 39.8 Å². The molecule has 1 saturated heterocycles. The van der Waals surface area contributed by atoms with E-state index < -0.39 is 0 Å². The third-order valence-corrected chi connectivity index (χ3v) is 2.93. The van der Waals surface area contributed by atoms with Crippen molar-refractivity contribution in [3.8, 4) is 0 Å². The number of likely N-dealkylation sites (N-methyl/N-ethyl adjacent to an activating group) is 1. The highest BCUT2D eigenvalue weighted by Gasteiger charge is 2.16. The third-order valence-electron chi connectivity index (χ3n) is 2.93. The fourth-order valence-corrected chi connectivity index (χ4v) is 1.75. The molecule has 0 saturated carbocycles. The molecule has 1 N–H and O–H groups in total. The van der Waals surface area contributed by atoms with Crippen LogP contribution in [0.3, 0.4) is 0 Å². The fourth-order valence-electron chi connectivity index (χ4n) is 1.75. The molecule has 0 radical (unpaired) electrons. The second-order valence-electron chi connectivity index (χ2n) is 4.91. The molecule has 1 aliphatic heterocycles. The predicted molar refractivity (Wildman–Crippen MR) is 79.1 cm³/mol. The van der Waals surface area contributed by atoms with Gasteiger partial charge in [0.2, 0.25) is 5.91 Å². The second kappa shape index (κ2) is 7.86. The van der Waals surface area contributed by atoms with Crippen molar-refractivity contribution in [1.29, 1.82) is 0 Å². The first kappa shape index (κ1) is 15.6. The molecule has 1 aliphatic rings. The maximum Gasteiger partial charge on any atom is 0.239 e. The van der Waals surface area contributed by atoms with E-state index >= 15 is 0 Å². The SMILES string of the molecule is C=C(C)C=N/C(=C\C)NC(=O)CN1CCN(C)CC1. The highest BCUT2D eigenvalue weighted by molar-refractivity contribution is 5.81. The minimum absolute atomic E-state index is 0.0171. The smallest absolute Gasteiger partial charge is 0.239 e. The van der Waals surface area contributed by atoms with Crippen LogP contribution in [-0.2, 0) is 4.79 Å². The van der Waals surface area contributed by atoms with Crippen molar-refractivity contribution >= 4 is 12.1 Å². The lowest BCUT2D eigenvalue weighted by atomic mass is 10.3. The van der Waals surface area contributed by atoms with E-state index in [1.165, 1.54) is 0 Å². The predicted octanol–water partition coefficient (Wildman–Crippen LogP) is 0.858. The second-order valence-corrected chi connectivity index (χ2v) is 4.91. The van der Waals surface area contributed by atoms with Gasteiger partial charge in [-0.3, -0.25) is 9.69 Å². The molecular formula is C14H24N4O. The summed E-state index contributed by atoms with van der Waals surface area (Å²) in [6, 6.07) is 0. The van der Waals surface area contributed by atoms with E-state index in [4.69, 9.17) is 0 Å². The first-order chi connectivity index (χ1) is 9.01. The Kier molecular flexibility index (Phi) is 6.45. The Hall–Kier alpha value is -1.46. The van der Waals surface area contributed by atoms with Gasteiger partial charge < -0.3 is 10.2 Å². The average Bonchev–Trinajstić information content (AvgIpc) is 2.37. The number of amides is 1. The van der Waals surface area contributed by atoms with Crippen LogP contribution >= 0.6 is 0 Å². The standard InChI is InChI=1S/C14H24N4O/c1-5-13(15-10-12(2)3)16-14(19)11-18-8-6-17(4)7-9-18/h5,10H,2,6-9,11H2,1,3-4H3,(H,16,19)/b13-5+,15-10?. The minimum Gasteiger partial charge on any atom is -0.310 e. The Bertz CT molecular complexity index is 379. The van der Waals surface area contributed by atoms with Crippen LogP contribution in [0.25, 0.3) is 0 Å². The van der Waals surface area contributed by atoms with Gasteiger partial charge in [-0.15, -0.1) is 0 Å². The van der Waals surface area contributed by atoms with E-state index in [0.717, 1.165) is 31.8 Å². The maximum atomic E-state index is 11.9. The topological polar surface area (TPSA) is 47.9 Å². The summed E-state index contributed by atoms with van der Waals surface area (Å²) in [7, 11) is 2.10. The van der Waals surface area contributed by atoms with Gasteiger partial charge in [-0.25, -0.2) is 4.99 Å². The number of nitrogens with one attached hydrogen (secondary N) is 1. The molecule has 1 heterocycles. The Labute approximate surface area is 115 Å². The summed E-state index contributed by atoms with van der Waals surface area (Å²) in [6.45, 7) is 11.8. The summed E-state index contributed by atoms with van der Waals surface area (Å²) in [4.78, 5) is 20.5. The van der Waals surface area contributed by atoms with Crippen molar-refractivity contribution in [2.24, 2.45) is 4.99 Å². The number of carbonyl (C=O) groups is 1. The van der Waals surface area contributed by atoms with Crippen LogP contribution in [0.5, 0.6) is 0 Å². The molecule has 1 amide bonds. The van der Waals surface area contributed by atoms with Crippen LogP contribution in [0.2, 0.25) is 0 Å². The molecule has 0 aromatic rings. The molecule has 5 heteroatoms. The zero-order valence-electron chi connectivity index (χ0n) is 12.1. The molecular weight excluding hydrogens is 240 g/mol. The van der Waals surface area contributed by atoms with Crippen LogP contribution in [0, 0.1) is 0 Å². The molecule has 0 unspecified atom stereocenters. The summed E-state index contributed by atoms with van der Waals surface area (Å²) >= 11 is 0. The number of nitrogens with zero attached hydrogens (tertiary/aromatic N) is 3. The van der Waals surface area contributed by atoms with Gasteiger partial charge in [-0.2, -0.15) is 0 Å². The Morgan fingerprint density at radius 1 is 1.37 bits per heavy atom. The summed E-state index contributed by atoms with van der Waals surface area (Å²) in [5, 5.41) is 2.81. The fraction of sp³-hybridized carbons (Fsp3) is 0.571. The zero-order valence-corrected chi connectivity index (χ0v) is 12.1. The number of aliphatic imine (C=N–C) groups is 1. The monoisotopic (exact) mass is 264 g/mol. The van der Waals surface area contributed by atoms with Gasteiger partial charge in [-0.05, 0) is 32.5 Å². The lowest BCUT2D eigenvalue weighted by Gasteiger charge is -2.31. The van der Waals surface area contributed by atoms with Gasteiger partial charge in [0.15, 0.2) is 0 Å². The maximum absolute atomic E-state index is 11.9. The van der Waals surface area contributed by atoms with Gasteiger partial charge >= 0.3 is 0 Å². The van der Waals surface area contributed by atoms with Crippen molar-refractivity contribution in [3.63, 3.8) is 0 Å². The van der Waals surface area contributed by atoms with E-state index in [-0.39, 0.29) is 5.91 Å². The lowest BCUT2D eigenvalue weighted by Crippen LogP contribution is -2.47. The van der Waals surface area contributed by atoms with Crippen molar-refractivity contribution in [2.45, 2.75) is 13.8 Å². The van der Waals surface area contributed by atoms with Gasteiger partial charge in [0.25, 0.3) is 0 Å². The van der Waals surface area contributed by atoms with Crippen LogP contribution < -0.4 is 5.32 Å². The molecule has 19 heavy (non-hydrogen) atoms. The van der Waals surface area contributed by atoms with Crippen molar-refractivity contribution in [1.82, 2.24) is 15.1 Å². The summed E-state index contributed by atoms with van der Waals surface area (Å²) in [5.74, 6) is 0.554. The highest BCUT2D eigenvalue weighted by atomic mass is 16.2. The number of carbonyl (C=O) groups excluding carboxylic acids is 1. The molecule has 0 aromatic carbocycles. The summed E-state index contributed by atoms with van der Waals surface area (Å²) in [5.41, 5.74) is 0.854. The van der Waals surface area contributed by atoms with Crippen LogP contribution in [0.4, 0.5) is 0 Å². The third kappa shape index (κ3) is 6.31. The highest BCUT2D eigenvalue weighted by Crippen LogP contribution is 1.99. The van der Waals surface area contributed by atoms with Crippen LogP contribution in [-0.4, -0.2) is 61.7 Å². The normalized spacial score (nSPS) is 18.8. The lowest BCUT2D eigenvalue weighted by molar-refractivity contribution is -0.121. The van der Waals surface area contributed by atoms with Gasteiger partial charge in [-0.1, -0.05) is 6.58 Å². The first-order valence-corrected chi connectivity index (χ1v) is 6.58. The molecule has 106 valence electrons. The number of hydrogen-bond donors (Lipinski definition) is 1. The molecule has 0 aromatic heterocycles. The van der Waals surface area contributed by atoms with E-state index in [9.17, 15) is 4.79 Å². The van der Waals surface area contributed by atoms with E-state index in [1.54, 1.807) is 12.3 Å². The largest absolute Gasteiger partial charge is 0.310 e. The molecule has 0 atom stereocenters. The molecule has 0 bridgehead atoms. The Morgan fingerprint density at radius 3 is 2.53 bits per heavy atom. The quantitative estimate of drug-likeness (QED) is 0.749. The number of allylic oxidation sites excluding steroid dienone is 2. The number of piperazine rings is 1. The van der Waals surface area contributed by atoms with E-state index in [2.05, 4.69) is 33.7 Å². The van der Waals surface area contributed by atoms with Crippen molar-refractivity contribution < 1.29 is 4.79 Å². The number of rotatable bonds is 5. The van der Waals surface area contributed by atoms with Gasteiger partial charge in [0.1, 0.15) is 5.82 Å². The first-order valence-electron chi connectivity index (χ1n) is 6.58. The average molecular weight is 264 g/mol. The summed E-state index contributed by atoms with van der Waals surface area (Å²) in [6.07, 6.45) is 3.42. The van der Waals surface area contributed by atoms with Gasteiger partial charge in [0, 0.05) is 32.4 Å². The number of hydrogen-bond acceptors (Lipinski definition) is 4. The molecule has 0 aliphatic carbocycles. The zero-order chi connectivity index (χ0) is 14.3. The van der Waals surface area contributed by atoms with Crippen molar-refractivity contribution in [3.05, 3.63) is 24.0 Å². The molecule has 0 spiro atoms. The molecule has 1 rings (SSSR count). The van der Waals surface area contributed by atoms with E-state index in [0.29, 0.717) is 12.4 Å². The Balaban J connectivity index is 2.39. The molecule has 5 nitrogen and oxygen atoms in total. The van der Waals surface area contributed by atoms with Crippen LogP contribution in [0.15, 0.2) is 29.0 Å². The molecule has 1 fully saturated rings. The van der Waals surface area contributed by atoms with Crippen LogP contribution in [0.1, 0.15) is 13.8 Å². The van der Waals surface area contributed by atoms with E-state index in [1.807, 2.05) is 13.8 Å². The van der Waals surface area contributed by atoms with Gasteiger partial charge in [0.05, 0.1) is 6.54 Å². The minimum atomic E-state index is -0.0171. The Morgan fingerprint density at radius 2 is 2.00 bits per heavy atom.